The van der Waals surface area contributed by atoms with Crippen LogP contribution in [0, 0.1) is 0 Å². The molecule has 0 amide bonds. The molecule has 18 heavy (non-hydrogen) atoms. The van der Waals surface area contributed by atoms with Gasteiger partial charge in [0.1, 0.15) is 11.6 Å². The number of ether oxygens (including phenoxy) is 1. The third kappa shape index (κ3) is 3.13. The average Bonchev–Trinajstić information content (AvgIpc) is 2.87. The van der Waals surface area contributed by atoms with Crippen molar-refractivity contribution in [3.63, 3.8) is 0 Å². The lowest BCUT2D eigenvalue weighted by Gasteiger charge is -2.07. The van der Waals surface area contributed by atoms with E-state index in [0.29, 0.717) is 18.5 Å². The van der Waals surface area contributed by atoms with Crippen molar-refractivity contribution in [3.8, 4) is 5.75 Å². The van der Waals surface area contributed by atoms with Gasteiger partial charge in [0.2, 0.25) is 5.89 Å². The SMILES string of the molecule is COc1ccccc1CCNc1nnc(CCl)o1. The van der Waals surface area contributed by atoms with Gasteiger partial charge in [-0.1, -0.05) is 23.3 Å². The Labute approximate surface area is 110 Å². The van der Waals surface area contributed by atoms with Crippen LogP contribution in [0.3, 0.4) is 0 Å². The molecule has 0 aliphatic heterocycles. The molecule has 0 saturated carbocycles. The summed E-state index contributed by atoms with van der Waals surface area (Å²) in [6.07, 6.45) is 0.808. The number of rotatable bonds is 6. The summed E-state index contributed by atoms with van der Waals surface area (Å²) in [5.74, 6) is 1.52. The second-order valence-corrected chi connectivity index (χ2v) is 3.89. The van der Waals surface area contributed by atoms with Crippen LogP contribution in [-0.4, -0.2) is 23.9 Å². The molecule has 0 spiro atoms. The van der Waals surface area contributed by atoms with E-state index in [0.717, 1.165) is 17.7 Å². The molecule has 6 heteroatoms. The molecule has 1 N–H and O–H groups in total. The standard InChI is InChI=1S/C12H14ClN3O2/c1-17-10-5-3-2-4-9(10)6-7-14-12-16-15-11(8-13)18-12/h2-5H,6-8H2,1H3,(H,14,16). The predicted molar refractivity (Wildman–Crippen MR) is 69.0 cm³/mol. The topological polar surface area (TPSA) is 60.2 Å². The van der Waals surface area contributed by atoms with Gasteiger partial charge < -0.3 is 14.5 Å². The van der Waals surface area contributed by atoms with E-state index in [1.54, 1.807) is 7.11 Å². The highest BCUT2D eigenvalue weighted by Crippen LogP contribution is 2.17. The summed E-state index contributed by atoms with van der Waals surface area (Å²) in [6, 6.07) is 8.28. The van der Waals surface area contributed by atoms with E-state index in [9.17, 15) is 0 Å². The fourth-order valence-corrected chi connectivity index (χ4v) is 1.70. The van der Waals surface area contributed by atoms with Gasteiger partial charge in [0.15, 0.2) is 0 Å². The van der Waals surface area contributed by atoms with Crippen molar-refractivity contribution >= 4 is 17.6 Å². The van der Waals surface area contributed by atoms with Gasteiger partial charge in [-0.05, 0) is 18.1 Å². The number of hydrogen-bond acceptors (Lipinski definition) is 5. The Kier molecular flexibility index (Phi) is 4.41. The quantitative estimate of drug-likeness (QED) is 0.815. The maximum atomic E-state index is 5.57. The summed E-state index contributed by atoms with van der Waals surface area (Å²) >= 11 is 5.57. The summed E-state index contributed by atoms with van der Waals surface area (Å²) < 4.78 is 10.5. The number of anilines is 1. The largest absolute Gasteiger partial charge is 0.496 e. The van der Waals surface area contributed by atoms with E-state index in [4.69, 9.17) is 20.8 Å². The Hall–Kier alpha value is -1.75. The number of alkyl halides is 1. The maximum Gasteiger partial charge on any atom is 0.315 e. The van der Waals surface area contributed by atoms with E-state index in [1.807, 2.05) is 24.3 Å². The Morgan fingerprint density at radius 1 is 1.33 bits per heavy atom. The summed E-state index contributed by atoms with van der Waals surface area (Å²) in [5, 5.41) is 10.6. The molecule has 0 aliphatic rings. The van der Waals surface area contributed by atoms with Crippen LogP contribution in [0.4, 0.5) is 6.01 Å². The Morgan fingerprint density at radius 2 is 2.17 bits per heavy atom. The number of benzene rings is 1. The molecule has 1 heterocycles. The molecule has 0 unspecified atom stereocenters. The van der Waals surface area contributed by atoms with Gasteiger partial charge in [-0.25, -0.2) is 0 Å². The number of nitrogens with zero attached hydrogens (tertiary/aromatic N) is 2. The molecule has 0 atom stereocenters. The fraction of sp³-hybridized carbons (Fsp3) is 0.333. The summed E-state index contributed by atoms with van der Waals surface area (Å²) in [4.78, 5) is 0. The molecule has 0 bridgehead atoms. The van der Waals surface area contributed by atoms with Gasteiger partial charge >= 0.3 is 6.01 Å². The first-order valence-electron chi connectivity index (χ1n) is 5.57. The van der Waals surface area contributed by atoms with Crippen LogP contribution < -0.4 is 10.1 Å². The Balaban J connectivity index is 1.88. The summed E-state index contributed by atoms with van der Waals surface area (Å²) in [5.41, 5.74) is 1.13. The summed E-state index contributed by atoms with van der Waals surface area (Å²) in [6.45, 7) is 0.685. The number of aromatic nitrogens is 2. The van der Waals surface area contributed by atoms with E-state index < -0.39 is 0 Å². The molecular formula is C12H14ClN3O2. The first-order valence-corrected chi connectivity index (χ1v) is 6.11. The molecule has 1 aromatic carbocycles. The van der Waals surface area contributed by atoms with Crippen molar-refractivity contribution in [2.24, 2.45) is 0 Å². The smallest absolute Gasteiger partial charge is 0.315 e. The van der Waals surface area contributed by atoms with Crippen molar-refractivity contribution in [2.45, 2.75) is 12.3 Å². The van der Waals surface area contributed by atoms with E-state index in [1.165, 1.54) is 0 Å². The van der Waals surface area contributed by atoms with E-state index >= 15 is 0 Å². The predicted octanol–water partition coefficient (Wildman–Crippen LogP) is 2.47. The number of methoxy groups -OCH3 is 1. The fourth-order valence-electron chi connectivity index (χ4n) is 1.59. The molecule has 5 nitrogen and oxygen atoms in total. The van der Waals surface area contributed by atoms with Crippen LogP contribution in [0.2, 0.25) is 0 Å². The second kappa shape index (κ2) is 6.26. The van der Waals surface area contributed by atoms with Crippen molar-refractivity contribution in [2.75, 3.05) is 19.0 Å². The lowest BCUT2D eigenvalue weighted by Crippen LogP contribution is -2.06. The first-order chi connectivity index (χ1) is 8.83. The number of hydrogen-bond donors (Lipinski definition) is 1. The van der Waals surface area contributed by atoms with Crippen molar-refractivity contribution in [3.05, 3.63) is 35.7 Å². The highest BCUT2D eigenvalue weighted by molar-refractivity contribution is 6.16. The van der Waals surface area contributed by atoms with Crippen molar-refractivity contribution in [1.82, 2.24) is 10.2 Å². The number of halogens is 1. The molecule has 0 fully saturated rings. The van der Waals surface area contributed by atoms with E-state index in [-0.39, 0.29) is 5.88 Å². The van der Waals surface area contributed by atoms with Crippen molar-refractivity contribution < 1.29 is 9.15 Å². The minimum Gasteiger partial charge on any atom is -0.496 e. The number of nitrogens with one attached hydrogen (secondary N) is 1. The highest BCUT2D eigenvalue weighted by Gasteiger charge is 2.05. The van der Waals surface area contributed by atoms with Gasteiger partial charge in [-0.2, -0.15) is 0 Å². The zero-order chi connectivity index (χ0) is 12.8. The van der Waals surface area contributed by atoms with Gasteiger partial charge in [0.05, 0.1) is 7.11 Å². The third-order valence-electron chi connectivity index (χ3n) is 2.44. The molecule has 2 rings (SSSR count). The lowest BCUT2D eigenvalue weighted by atomic mass is 10.1. The summed E-state index contributed by atoms with van der Waals surface area (Å²) in [7, 11) is 1.66. The van der Waals surface area contributed by atoms with Gasteiger partial charge in [-0.15, -0.1) is 16.7 Å². The molecule has 2 aromatic rings. The van der Waals surface area contributed by atoms with Crippen LogP contribution >= 0.6 is 11.6 Å². The Bertz CT molecular complexity index is 502. The molecule has 96 valence electrons. The van der Waals surface area contributed by atoms with Crippen LogP contribution in [0.25, 0.3) is 0 Å². The Morgan fingerprint density at radius 3 is 2.89 bits per heavy atom. The zero-order valence-electron chi connectivity index (χ0n) is 10.0. The molecular weight excluding hydrogens is 254 g/mol. The molecule has 0 saturated heterocycles. The lowest BCUT2D eigenvalue weighted by molar-refractivity contribution is 0.410. The van der Waals surface area contributed by atoms with Gasteiger partial charge in [0, 0.05) is 6.54 Å². The number of para-hydroxylation sites is 1. The van der Waals surface area contributed by atoms with Crippen molar-refractivity contribution in [1.29, 1.82) is 0 Å². The minimum absolute atomic E-state index is 0.223. The molecule has 0 aliphatic carbocycles. The first kappa shape index (κ1) is 12.7. The third-order valence-corrected chi connectivity index (χ3v) is 2.67. The van der Waals surface area contributed by atoms with Gasteiger partial charge in [0.25, 0.3) is 0 Å². The van der Waals surface area contributed by atoms with Crippen LogP contribution in [0.5, 0.6) is 5.75 Å². The van der Waals surface area contributed by atoms with Gasteiger partial charge in [-0.3, -0.25) is 0 Å². The average molecular weight is 268 g/mol. The maximum absolute atomic E-state index is 5.57. The zero-order valence-corrected chi connectivity index (χ0v) is 10.8. The minimum atomic E-state index is 0.223. The monoisotopic (exact) mass is 267 g/mol. The second-order valence-electron chi connectivity index (χ2n) is 3.62. The van der Waals surface area contributed by atoms with Crippen LogP contribution in [0.15, 0.2) is 28.7 Å². The van der Waals surface area contributed by atoms with Crippen LogP contribution in [-0.2, 0) is 12.3 Å². The molecule has 1 aromatic heterocycles. The highest BCUT2D eigenvalue weighted by atomic mass is 35.5. The molecule has 0 radical (unpaired) electrons. The normalized spacial score (nSPS) is 10.3. The van der Waals surface area contributed by atoms with E-state index in [2.05, 4.69) is 15.5 Å². The van der Waals surface area contributed by atoms with Crippen LogP contribution in [0.1, 0.15) is 11.5 Å².